The Morgan fingerprint density at radius 3 is 2.69 bits per heavy atom. The molecule has 2 N–H and O–H groups in total. The van der Waals surface area contributed by atoms with Gasteiger partial charge in [-0.2, -0.15) is 5.10 Å². The molecule has 2 amide bonds. The summed E-state index contributed by atoms with van der Waals surface area (Å²) in [5.41, 5.74) is 0.468. The number of rotatable bonds is 4. The maximum atomic E-state index is 12.4. The summed E-state index contributed by atoms with van der Waals surface area (Å²) >= 11 is 0. The molecule has 26 heavy (non-hydrogen) atoms. The number of anilines is 1. The SMILES string of the molecule is CCc1nc2n(n1)CCCC2NC(=O)Nc1ccc(OC(C)(C)C)cc1. The summed E-state index contributed by atoms with van der Waals surface area (Å²) in [7, 11) is 0. The van der Waals surface area contributed by atoms with Crippen LogP contribution in [0.15, 0.2) is 24.3 Å². The van der Waals surface area contributed by atoms with Crippen molar-refractivity contribution in [1.82, 2.24) is 20.1 Å². The van der Waals surface area contributed by atoms with Crippen molar-refractivity contribution in [3.63, 3.8) is 0 Å². The Hall–Kier alpha value is -2.57. The molecule has 140 valence electrons. The van der Waals surface area contributed by atoms with Crippen molar-refractivity contribution in [2.75, 3.05) is 5.32 Å². The Morgan fingerprint density at radius 2 is 2.04 bits per heavy atom. The van der Waals surface area contributed by atoms with Crippen molar-refractivity contribution in [3.8, 4) is 5.75 Å². The Balaban J connectivity index is 1.60. The highest BCUT2D eigenvalue weighted by Gasteiger charge is 2.25. The average molecular weight is 357 g/mol. The van der Waals surface area contributed by atoms with Gasteiger partial charge in [0.05, 0.1) is 6.04 Å². The molecule has 2 aromatic rings. The van der Waals surface area contributed by atoms with Crippen LogP contribution >= 0.6 is 0 Å². The Bertz CT molecular complexity index is 761. The highest BCUT2D eigenvalue weighted by Crippen LogP contribution is 2.24. The van der Waals surface area contributed by atoms with E-state index in [9.17, 15) is 4.79 Å². The molecule has 0 radical (unpaired) electrons. The maximum Gasteiger partial charge on any atom is 0.319 e. The van der Waals surface area contributed by atoms with Crippen LogP contribution in [0, 0.1) is 0 Å². The van der Waals surface area contributed by atoms with E-state index >= 15 is 0 Å². The number of fused-ring (bicyclic) bond motifs is 1. The van der Waals surface area contributed by atoms with E-state index < -0.39 is 0 Å². The summed E-state index contributed by atoms with van der Waals surface area (Å²) in [5.74, 6) is 2.44. The third-order valence-corrected chi connectivity index (χ3v) is 4.08. The van der Waals surface area contributed by atoms with Crippen molar-refractivity contribution in [3.05, 3.63) is 35.9 Å². The first-order valence-corrected chi connectivity index (χ1v) is 9.14. The van der Waals surface area contributed by atoms with E-state index in [2.05, 4.69) is 20.7 Å². The number of urea groups is 1. The topological polar surface area (TPSA) is 81.1 Å². The second-order valence-electron chi connectivity index (χ2n) is 7.50. The van der Waals surface area contributed by atoms with Gasteiger partial charge in [-0.15, -0.1) is 0 Å². The lowest BCUT2D eigenvalue weighted by atomic mass is 10.1. The monoisotopic (exact) mass is 357 g/mol. The van der Waals surface area contributed by atoms with Crippen molar-refractivity contribution < 1.29 is 9.53 Å². The summed E-state index contributed by atoms with van der Waals surface area (Å²) in [6, 6.07) is 7.02. The number of carbonyl (C=O) groups is 1. The zero-order valence-corrected chi connectivity index (χ0v) is 15.9. The smallest absolute Gasteiger partial charge is 0.319 e. The predicted molar refractivity (Wildman–Crippen MR) is 100 cm³/mol. The summed E-state index contributed by atoms with van der Waals surface area (Å²) in [6.45, 7) is 8.89. The zero-order chi connectivity index (χ0) is 18.7. The van der Waals surface area contributed by atoms with E-state index in [0.29, 0.717) is 0 Å². The average Bonchev–Trinajstić information content (AvgIpc) is 3.00. The third kappa shape index (κ3) is 4.53. The number of hydrogen-bond acceptors (Lipinski definition) is 4. The minimum atomic E-state index is -0.249. The first kappa shape index (κ1) is 18.2. The summed E-state index contributed by atoms with van der Waals surface area (Å²) in [5, 5.41) is 10.3. The molecule has 7 nitrogen and oxygen atoms in total. The van der Waals surface area contributed by atoms with Gasteiger partial charge in [0.15, 0.2) is 5.82 Å². The molecule has 1 aliphatic rings. The van der Waals surface area contributed by atoms with Crippen molar-refractivity contribution in [1.29, 1.82) is 0 Å². The van der Waals surface area contributed by atoms with Gasteiger partial charge in [-0.05, 0) is 57.9 Å². The minimum Gasteiger partial charge on any atom is -0.488 e. The van der Waals surface area contributed by atoms with E-state index in [1.807, 2.05) is 56.6 Å². The van der Waals surface area contributed by atoms with Gasteiger partial charge in [-0.25, -0.2) is 14.5 Å². The summed E-state index contributed by atoms with van der Waals surface area (Å²) < 4.78 is 7.70. The zero-order valence-electron chi connectivity index (χ0n) is 15.9. The normalized spacial score (nSPS) is 16.7. The van der Waals surface area contributed by atoms with Crippen LogP contribution in [0.5, 0.6) is 5.75 Å². The molecule has 0 aliphatic carbocycles. The van der Waals surface area contributed by atoms with Crippen LogP contribution in [0.25, 0.3) is 0 Å². The lowest BCUT2D eigenvalue weighted by Gasteiger charge is -2.23. The van der Waals surface area contributed by atoms with E-state index in [4.69, 9.17) is 4.74 Å². The molecule has 0 saturated carbocycles. The van der Waals surface area contributed by atoms with Gasteiger partial charge in [0.2, 0.25) is 0 Å². The van der Waals surface area contributed by atoms with Crippen LogP contribution in [0.2, 0.25) is 0 Å². The fourth-order valence-electron chi connectivity index (χ4n) is 2.97. The number of ether oxygens (including phenoxy) is 1. The molecule has 0 spiro atoms. The Labute approximate surface area is 154 Å². The number of benzene rings is 1. The number of nitrogens with zero attached hydrogens (tertiary/aromatic N) is 3. The van der Waals surface area contributed by atoms with Gasteiger partial charge in [0.25, 0.3) is 0 Å². The summed E-state index contributed by atoms with van der Waals surface area (Å²) in [4.78, 5) is 16.9. The molecule has 1 atom stereocenters. The van der Waals surface area contributed by atoms with Crippen molar-refractivity contribution in [2.24, 2.45) is 0 Å². The molecule has 1 aromatic heterocycles. The van der Waals surface area contributed by atoms with Crippen LogP contribution in [0.1, 0.15) is 58.2 Å². The molecule has 1 aromatic carbocycles. The van der Waals surface area contributed by atoms with Gasteiger partial charge in [0.1, 0.15) is 17.2 Å². The van der Waals surface area contributed by atoms with E-state index in [0.717, 1.165) is 48.9 Å². The minimum absolute atomic E-state index is 0.111. The quantitative estimate of drug-likeness (QED) is 0.875. The largest absolute Gasteiger partial charge is 0.488 e. The van der Waals surface area contributed by atoms with Crippen molar-refractivity contribution in [2.45, 2.75) is 65.1 Å². The molecule has 0 bridgehead atoms. The molecule has 2 heterocycles. The standard InChI is InChI=1S/C19H27N5O2/c1-5-16-22-17-15(7-6-12-24(17)23-16)21-18(25)20-13-8-10-14(11-9-13)26-19(2,3)4/h8-11,15H,5-7,12H2,1-4H3,(H2,20,21,25). The van der Waals surface area contributed by atoms with E-state index in [1.54, 1.807) is 0 Å². The van der Waals surface area contributed by atoms with Crippen LogP contribution in [0.3, 0.4) is 0 Å². The maximum absolute atomic E-state index is 12.4. The highest BCUT2D eigenvalue weighted by atomic mass is 16.5. The van der Waals surface area contributed by atoms with Gasteiger partial charge >= 0.3 is 6.03 Å². The van der Waals surface area contributed by atoms with Crippen LogP contribution < -0.4 is 15.4 Å². The lowest BCUT2D eigenvalue weighted by molar-refractivity contribution is 0.131. The molecule has 7 heteroatoms. The molecule has 0 saturated heterocycles. The van der Waals surface area contributed by atoms with Crippen LogP contribution in [-0.4, -0.2) is 26.4 Å². The van der Waals surface area contributed by atoms with Gasteiger partial charge in [-0.1, -0.05) is 6.92 Å². The molecule has 0 fully saturated rings. The number of aromatic nitrogens is 3. The lowest BCUT2D eigenvalue weighted by Crippen LogP contribution is -2.36. The fourth-order valence-corrected chi connectivity index (χ4v) is 2.97. The van der Waals surface area contributed by atoms with Crippen LogP contribution in [-0.2, 0) is 13.0 Å². The fraction of sp³-hybridized carbons (Fsp3) is 0.526. The van der Waals surface area contributed by atoms with E-state index in [1.165, 1.54) is 0 Å². The second kappa shape index (κ2) is 7.35. The number of aryl methyl sites for hydroxylation is 2. The number of hydrogen-bond donors (Lipinski definition) is 2. The molecular weight excluding hydrogens is 330 g/mol. The van der Waals surface area contributed by atoms with Gasteiger partial charge in [0, 0.05) is 18.7 Å². The molecular formula is C19H27N5O2. The third-order valence-electron chi connectivity index (χ3n) is 4.08. The highest BCUT2D eigenvalue weighted by molar-refractivity contribution is 5.89. The second-order valence-corrected chi connectivity index (χ2v) is 7.50. The van der Waals surface area contributed by atoms with Crippen molar-refractivity contribution >= 4 is 11.7 Å². The van der Waals surface area contributed by atoms with Gasteiger partial charge in [-0.3, -0.25) is 0 Å². The Morgan fingerprint density at radius 1 is 1.31 bits per heavy atom. The number of amides is 2. The summed E-state index contributed by atoms with van der Waals surface area (Å²) in [6.07, 6.45) is 2.64. The Kier molecular flexibility index (Phi) is 5.15. The first-order valence-electron chi connectivity index (χ1n) is 9.14. The first-order chi connectivity index (χ1) is 12.3. The number of carbonyl (C=O) groups excluding carboxylic acids is 1. The molecule has 3 rings (SSSR count). The van der Waals surface area contributed by atoms with Crippen LogP contribution in [0.4, 0.5) is 10.5 Å². The predicted octanol–water partition coefficient (Wildman–Crippen LogP) is 3.67. The molecule has 1 aliphatic heterocycles. The molecule has 1 unspecified atom stereocenters. The van der Waals surface area contributed by atoms with E-state index in [-0.39, 0.29) is 17.7 Å². The number of nitrogens with one attached hydrogen (secondary N) is 2. The van der Waals surface area contributed by atoms with Gasteiger partial charge < -0.3 is 15.4 Å².